The van der Waals surface area contributed by atoms with Crippen molar-refractivity contribution in [3.8, 4) is 11.8 Å². The molecule has 0 aromatic heterocycles. The smallest absolute Gasteiger partial charge is 0.223 e. The molecule has 0 unspecified atom stereocenters. The lowest BCUT2D eigenvalue weighted by molar-refractivity contribution is 0.470. The van der Waals surface area contributed by atoms with Crippen molar-refractivity contribution in [2.45, 2.75) is 4.90 Å². The molecule has 0 spiro atoms. The van der Waals surface area contributed by atoms with Crippen LogP contribution < -0.4 is 10.6 Å². The highest BCUT2D eigenvalue weighted by Gasteiger charge is 2.29. The number of nitrogens with one attached hydrogen (secondary N) is 2. The maximum absolute atomic E-state index is 10.2. The van der Waals surface area contributed by atoms with E-state index in [1.54, 1.807) is 24.3 Å². The van der Waals surface area contributed by atoms with Gasteiger partial charge in [0.05, 0.1) is 11.3 Å². The molecule has 3 rings (SSSR count). The molecular formula is C14H11ClN4O3S. The summed E-state index contributed by atoms with van der Waals surface area (Å²) in [7, 11) is -3.54. The number of phenolic OH excluding ortho intramolecular Hbond substituents is 1. The second-order valence-corrected chi connectivity index (χ2v) is 6.76. The highest BCUT2D eigenvalue weighted by molar-refractivity contribution is 8.23. The zero-order valence-corrected chi connectivity index (χ0v) is 13.1. The molecule has 0 saturated carbocycles. The van der Waals surface area contributed by atoms with Gasteiger partial charge >= 0.3 is 0 Å². The Morgan fingerprint density at radius 3 is 2.74 bits per heavy atom. The van der Waals surface area contributed by atoms with E-state index in [2.05, 4.69) is 15.0 Å². The van der Waals surface area contributed by atoms with Crippen LogP contribution in [0.5, 0.6) is 5.75 Å². The third kappa shape index (κ3) is 2.91. The molecule has 1 aliphatic rings. The highest BCUT2D eigenvalue weighted by Crippen LogP contribution is 2.57. The number of fused-ring (bicyclic) bond motifs is 1. The molecule has 0 bridgehead atoms. The zero-order valence-electron chi connectivity index (χ0n) is 11.5. The van der Waals surface area contributed by atoms with E-state index in [0.717, 1.165) is 0 Å². The van der Waals surface area contributed by atoms with E-state index in [0.29, 0.717) is 11.3 Å². The Balaban J connectivity index is 2.01. The fourth-order valence-corrected chi connectivity index (χ4v) is 3.53. The van der Waals surface area contributed by atoms with Gasteiger partial charge in [0, 0.05) is 11.1 Å². The van der Waals surface area contributed by atoms with Gasteiger partial charge in [-0.05, 0) is 18.2 Å². The fraction of sp³-hybridized carbons (Fsp3) is 0. The summed E-state index contributed by atoms with van der Waals surface area (Å²) < 4.78 is 24.2. The number of rotatable bonds is 1. The molecule has 0 atom stereocenters. The topological polar surface area (TPSA) is 121 Å². The number of halogens is 1. The molecule has 0 fully saturated rings. The molecule has 2 aromatic carbocycles. The molecule has 5 N–H and O–H groups in total. The Labute approximate surface area is 138 Å². The monoisotopic (exact) mass is 350 g/mol. The summed E-state index contributed by atoms with van der Waals surface area (Å²) in [6.07, 6.45) is 0. The molecular weight excluding hydrogens is 340 g/mol. The summed E-state index contributed by atoms with van der Waals surface area (Å²) in [5, 5.41) is 24.8. The van der Waals surface area contributed by atoms with Crippen LogP contribution in [0.25, 0.3) is 0 Å². The highest BCUT2D eigenvalue weighted by atomic mass is 35.5. The lowest BCUT2D eigenvalue weighted by atomic mass is 10.2. The molecule has 1 aliphatic heterocycles. The quantitative estimate of drug-likeness (QED) is 0.498. The lowest BCUT2D eigenvalue weighted by Gasteiger charge is -2.34. The standard InChI is InChI=1S/C14H11ClN4O3S/c15-9-5-11(20)13-12(6-9)23(21,22)19-14(18-13)17-10-4-2-1-3-8(10)7-16/h1-6,20-22H,(H2,17,18,19). The van der Waals surface area contributed by atoms with E-state index in [1.807, 2.05) is 6.07 Å². The van der Waals surface area contributed by atoms with Crippen LogP contribution >= 0.6 is 22.4 Å². The van der Waals surface area contributed by atoms with E-state index in [9.17, 15) is 14.2 Å². The van der Waals surface area contributed by atoms with Gasteiger partial charge in [0.1, 0.15) is 22.4 Å². The Morgan fingerprint density at radius 2 is 2.00 bits per heavy atom. The average molecular weight is 351 g/mol. The SMILES string of the molecule is N#Cc1ccccc1NC1=NS(O)(O)c2cc(Cl)cc(O)c2N1. The van der Waals surface area contributed by atoms with Crippen molar-refractivity contribution in [3.05, 3.63) is 47.0 Å². The zero-order chi connectivity index (χ0) is 16.6. The first-order chi connectivity index (χ1) is 10.9. The summed E-state index contributed by atoms with van der Waals surface area (Å²) in [4.78, 5) is 0.00150. The van der Waals surface area contributed by atoms with Crippen LogP contribution in [0.3, 0.4) is 0 Å². The van der Waals surface area contributed by atoms with Crippen LogP contribution in [0, 0.1) is 11.3 Å². The molecule has 1 heterocycles. The molecule has 0 aliphatic carbocycles. The predicted octanol–water partition coefficient (Wildman–Crippen LogP) is 3.84. The minimum absolute atomic E-state index is 0.00150. The third-order valence-corrected chi connectivity index (χ3v) is 4.67. The number of anilines is 2. The van der Waals surface area contributed by atoms with E-state index in [4.69, 9.17) is 16.9 Å². The molecule has 7 nitrogen and oxygen atoms in total. The van der Waals surface area contributed by atoms with Gasteiger partial charge in [-0.2, -0.15) is 5.26 Å². The summed E-state index contributed by atoms with van der Waals surface area (Å²) in [5.74, 6) is -0.243. The molecule has 9 heteroatoms. The summed E-state index contributed by atoms with van der Waals surface area (Å²) >= 11 is 5.82. The summed E-state index contributed by atoms with van der Waals surface area (Å²) in [6.45, 7) is 0. The fourth-order valence-electron chi connectivity index (χ4n) is 2.10. The van der Waals surface area contributed by atoms with Gasteiger partial charge in [-0.3, -0.25) is 9.11 Å². The van der Waals surface area contributed by atoms with Gasteiger partial charge in [-0.15, -0.1) is 4.40 Å². The van der Waals surface area contributed by atoms with Gasteiger partial charge in [0.15, 0.2) is 0 Å². The van der Waals surface area contributed by atoms with Crippen LogP contribution in [0.15, 0.2) is 45.7 Å². The van der Waals surface area contributed by atoms with Crippen molar-refractivity contribution in [2.24, 2.45) is 4.40 Å². The Bertz CT molecular complexity index is 864. The van der Waals surface area contributed by atoms with Gasteiger partial charge in [-0.1, -0.05) is 34.5 Å². The predicted molar refractivity (Wildman–Crippen MR) is 90.1 cm³/mol. The van der Waals surface area contributed by atoms with E-state index < -0.39 is 10.8 Å². The van der Waals surface area contributed by atoms with Crippen LogP contribution in [0.1, 0.15) is 5.56 Å². The van der Waals surface area contributed by atoms with Crippen molar-refractivity contribution in [1.29, 1.82) is 5.26 Å². The van der Waals surface area contributed by atoms with Crippen molar-refractivity contribution in [3.63, 3.8) is 0 Å². The number of guanidine groups is 1. The molecule has 0 amide bonds. The summed E-state index contributed by atoms with van der Waals surface area (Å²) in [6, 6.07) is 11.3. The number of phenols is 1. The first-order valence-electron chi connectivity index (χ1n) is 6.34. The van der Waals surface area contributed by atoms with Gasteiger partial charge in [0.2, 0.25) is 5.96 Å². The van der Waals surface area contributed by atoms with E-state index in [1.165, 1.54) is 12.1 Å². The molecule has 0 radical (unpaired) electrons. The molecule has 118 valence electrons. The minimum atomic E-state index is -3.54. The lowest BCUT2D eigenvalue weighted by Crippen LogP contribution is -2.27. The Morgan fingerprint density at radius 1 is 1.26 bits per heavy atom. The maximum Gasteiger partial charge on any atom is 0.223 e. The molecule has 0 saturated heterocycles. The van der Waals surface area contributed by atoms with Crippen molar-refractivity contribution in [1.82, 2.24) is 0 Å². The number of aromatic hydroxyl groups is 1. The number of nitrogens with zero attached hydrogens (tertiary/aromatic N) is 2. The number of hydrogen-bond donors (Lipinski definition) is 5. The van der Waals surface area contributed by atoms with Crippen molar-refractivity contribution in [2.75, 3.05) is 10.6 Å². The van der Waals surface area contributed by atoms with E-state index >= 15 is 0 Å². The van der Waals surface area contributed by atoms with Gasteiger partial charge in [0.25, 0.3) is 0 Å². The average Bonchev–Trinajstić information content (AvgIpc) is 2.49. The van der Waals surface area contributed by atoms with Gasteiger partial charge in [-0.25, -0.2) is 0 Å². The normalized spacial score (nSPS) is 16.3. The number of para-hydroxylation sites is 1. The van der Waals surface area contributed by atoms with Crippen LogP contribution in [0.2, 0.25) is 5.02 Å². The van der Waals surface area contributed by atoms with Crippen LogP contribution in [0.4, 0.5) is 11.4 Å². The Kier molecular flexibility index (Phi) is 3.79. The second-order valence-electron chi connectivity index (χ2n) is 4.66. The van der Waals surface area contributed by atoms with Crippen molar-refractivity contribution < 1.29 is 14.2 Å². The number of nitriles is 1. The maximum atomic E-state index is 10.2. The number of benzene rings is 2. The third-order valence-electron chi connectivity index (χ3n) is 3.10. The van der Waals surface area contributed by atoms with Crippen LogP contribution in [-0.4, -0.2) is 20.2 Å². The van der Waals surface area contributed by atoms with Crippen LogP contribution in [-0.2, 0) is 0 Å². The van der Waals surface area contributed by atoms with E-state index in [-0.39, 0.29) is 27.3 Å². The Hall–Kier alpha value is -2.44. The first kappa shape index (κ1) is 15.5. The summed E-state index contributed by atoms with van der Waals surface area (Å²) in [5.41, 5.74) is 0.897. The number of hydrogen-bond acceptors (Lipinski definition) is 7. The second kappa shape index (κ2) is 5.64. The van der Waals surface area contributed by atoms with Crippen molar-refractivity contribution >= 4 is 39.7 Å². The first-order valence-corrected chi connectivity index (χ1v) is 8.23. The molecule has 23 heavy (non-hydrogen) atoms. The largest absolute Gasteiger partial charge is 0.506 e. The minimum Gasteiger partial charge on any atom is -0.506 e. The van der Waals surface area contributed by atoms with Gasteiger partial charge < -0.3 is 15.7 Å². The molecule has 2 aromatic rings.